The van der Waals surface area contributed by atoms with Gasteiger partial charge in [0.05, 0.1) is 13.2 Å². The first-order valence-corrected chi connectivity index (χ1v) is 13.1. The fourth-order valence-corrected chi connectivity index (χ4v) is 4.14. The van der Waals surface area contributed by atoms with E-state index < -0.39 is 24.4 Å². The van der Waals surface area contributed by atoms with E-state index in [1.807, 2.05) is 0 Å². The summed E-state index contributed by atoms with van der Waals surface area (Å²) in [5.41, 5.74) is 0. The zero-order valence-electron chi connectivity index (χ0n) is 20.1. The lowest BCUT2D eigenvalue weighted by atomic mass is 10.0. The smallest absolute Gasteiger partial charge is 0.114 e. The average Bonchev–Trinajstić information content (AvgIpc) is 2.78. The Bertz CT molecular complexity index is 413. The molecule has 0 aliphatic carbocycles. The highest BCUT2D eigenvalue weighted by molar-refractivity contribution is 4.87. The molecule has 0 saturated carbocycles. The number of allylic oxidation sites excluding steroid dienone is 2. The molecule has 0 aromatic heterocycles. The van der Waals surface area contributed by atoms with Crippen LogP contribution in [0.4, 0.5) is 0 Å². The summed E-state index contributed by atoms with van der Waals surface area (Å²) >= 11 is 0. The van der Waals surface area contributed by atoms with Gasteiger partial charge in [-0.1, -0.05) is 89.7 Å². The number of hydrogen-bond donors (Lipinski definition) is 3. The molecule has 4 atom stereocenters. The molecule has 1 heterocycles. The Morgan fingerprint density at radius 3 is 1.84 bits per heavy atom. The van der Waals surface area contributed by atoms with E-state index in [-0.39, 0.29) is 13.2 Å². The minimum atomic E-state index is -0.992. The Kier molecular flexibility index (Phi) is 18.6. The Morgan fingerprint density at radius 1 is 0.774 bits per heavy atom. The Labute approximate surface area is 191 Å². The molecule has 0 bridgehead atoms. The van der Waals surface area contributed by atoms with Crippen molar-refractivity contribution in [3.63, 3.8) is 0 Å². The molecule has 0 spiro atoms. The van der Waals surface area contributed by atoms with Crippen molar-refractivity contribution in [3.05, 3.63) is 12.2 Å². The summed E-state index contributed by atoms with van der Waals surface area (Å²) in [4.78, 5) is 0. The van der Waals surface area contributed by atoms with E-state index in [4.69, 9.17) is 9.47 Å². The minimum Gasteiger partial charge on any atom is -0.394 e. The van der Waals surface area contributed by atoms with Crippen LogP contribution in [0.1, 0.15) is 110 Å². The zero-order valence-corrected chi connectivity index (χ0v) is 20.1. The van der Waals surface area contributed by atoms with Gasteiger partial charge in [-0.3, -0.25) is 0 Å². The quantitative estimate of drug-likeness (QED) is 0.176. The number of hydrogen-bond acceptors (Lipinski definition) is 5. The van der Waals surface area contributed by atoms with E-state index in [1.54, 1.807) is 0 Å². The fraction of sp³-hybridized carbons (Fsp3) is 0.923. The maximum atomic E-state index is 10.0. The van der Waals surface area contributed by atoms with Crippen molar-refractivity contribution in [1.82, 2.24) is 0 Å². The molecule has 0 unspecified atom stereocenters. The van der Waals surface area contributed by atoms with Crippen molar-refractivity contribution >= 4 is 0 Å². The largest absolute Gasteiger partial charge is 0.394 e. The molecule has 5 nitrogen and oxygen atoms in total. The van der Waals surface area contributed by atoms with Gasteiger partial charge in [0.15, 0.2) is 0 Å². The van der Waals surface area contributed by atoms with Gasteiger partial charge in [0.25, 0.3) is 0 Å². The molecule has 0 aromatic carbocycles. The topological polar surface area (TPSA) is 79.2 Å². The van der Waals surface area contributed by atoms with E-state index in [0.29, 0.717) is 6.61 Å². The van der Waals surface area contributed by atoms with Gasteiger partial charge in [-0.25, -0.2) is 0 Å². The number of ether oxygens (including phenoxy) is 2. The van der Waals surface area contributed by atoms with Crippen molar-refractivity contribution in [1.29, 1.82) is 0 Å². The molecule has 184 valence electrons. The van der Waals surface area contributed by atoms with Crippen LogP contribution in [0, 0.1) is 0 Å². The Hall–Kier alpha value is -0.460. The van der Waals surface area contributed by atoms with Crippen LogP contribution in [-0.4, -0.2) is 59.6 Å². The van der Waals surface area contributed by atoms with Gasteiger partial charge in [0, 0.05) is 6.61 Å². The number of aliphatic hydroxyl groups excluding tert-OH is 3. The maximum Gasteiger partial charge on any atom is 0.114 e. The van der Waals surface area contributed by atoms with Gasteiger partial charge in [0.1, 0.15) is 24.4 Å². The SMILES string of the molecule is CCCCCCCCCCC/C=C/CCCCCCCO[C@@H]1[C@@H](O)[C@H](O)CO[C@H]1CO. The standard InChI is InChI=1S/C26H50O5/c1-2-3-4-5-6-7-8-9-10-11-12-13-14-15-16-17-18-19-20-30-26-24(21-27)31-22-23(28)25(26)29/h12-13,23-29H,2-11,14-22H2,1H3/b13-12+/t23-,24+,25+,26+/m1/s1. The van der Waals surface area contributed by atoms with Gasteiger partial charge >= 0.3 is 0 Å². The lowest BCUT2D eigenvalue weighted by Crippen LogP contribution is -2.55. The molecule has 1 rings (SSSR count). The molecule has 0 aromatic rings. The van der Waals surface area contributed by atoms with Crippen LogP contribution in [0.2, 0.25) is 0 Å². The van der Waals surface area contributed by atoms with Crippen molar-refractivity contribution in [2.75, 3.05) is 19.8 Å². The molecule has 1 saturated heterocycles. The monoisotopic (exact) mass is 442 g/mol. The van der Waals surface area contributed by atoms with E-state index in [2.05, 4.69) is 19.1 Å². The van der Waals surface area contributed by atoms with Crippen LogP contribution in [0.25, 0.3) is 0 Å². The number of rotatable bonds is 20. The van der Waals surface area contributed by atoms with Gasteiger partial charge < -0.3 is 24.8 Å². The van der Waals surface area contributed by atoms with Crippen molar-refractivity contribution < 1.29 is 24.8 Å². The lowest BCUT2D eigenvalue weighted by molar-refractivity contribution is -0.211. The van der Waals surface area contributed by atoms with E-state index in [9.17, 15) is 15.3 Å². The second-order valence-corrected chi connectivity index (χ2v) is 9.09. The van der Waals surface area contributed by atoms with E-state index >= 15 is 0 Å². The lowest BCUT2D eigenvalue weighted by Gasteiger charge is -2.37. The predicted octanol–water partition coefficient (Wildman–Crippen LogP) is 5.30. The molecule has 1 aliphatic heterocycles. The second kappa shape index (κ2) is 20.2. The van der Waals surface area contributed by atoms with Gasteiger partial charge in [-0.05, 0) is 32.1 Å². The first-order valence-electron chi connectivity index (χ1n) is 13.1. The van der Waals surface area contributed by atoms with Crippen molar-refractivity contribution in [3.8, 4) is 0 Å². The summed E-state index contributed by atoms with van der Waals surface area (Å²) in [6, 6.07) is 0. The van der Waals surface area contributed by atoms with Crippen molar-refractivity contribution in [2.24, 2.45) is 0 Å². The van der Waals surface area contributed by atoms with E-state index in [0.717, 1.165) is 12.8 Å². The van der Waals surface area contributed by atoms with Crippen molar-refractivity contribution in [2.45, 2.75) is 134 Å². The van der Waals surface area contributed by atoms with Crippen LogP contribution < -0.4 is 0 Å². The number of unbranched alkanes of at least 4 members (excludes halogenated alkanes) is 14. The molecule has 1 aliphatic rings. The average molecular weight is 443 g/mol. The highest BCUT2D eigenvalue weighted by Crippen LogP contribution is 2.19. The molecule has 5 heteroatoms. The molecule has 3 N–H and O–H groups in total. The maximum absolute atomic E-state index is 10.0. The molecular formula is C26H50O5. The highest BCUT2D eigenvalue weighted by Gasteiger charge is 2.39. The number of aliphatic hydroxyl groups is 3. The van der Waals surface area contributed by atoms with Crippen LogP contribution in [0.3, 0.4) is 0 Å². The third-order valence-electron chi connectivity index (χ3n) is 6.22. The van der Waals surface area contributed by atoms with Gasteiger partial charge in [-0.2, -0.15) is 0 Å². The van der Waals surface area contributed by atoms with Crippen LogP contribution in [-0.2, 0) is 9.47 Å². The molecule has 31 heavy (non-hydrogen) atoms. The predicted molar refractivity (Wildman–Crippen MR) is 127 cm³/mol. The summed E-state index contributed by atoms with van der Waals surface area (Å²) < 4.78 is 11.0. The summed E-state index contributed by atoms with van der Waals surface area (Å²) in [6.07, 6.45) is 22.2. The van der Waals surface area contributed by atoms with E-state index in [1.165, 1.54) is 89.9 Å². The Balaban J connectivity index is 1.85. The Morgan fingerprint density at radius 2 is 1.29 bits per heavy atom. The zero-order chi connectivity index (χ0) is 22.6. The summed E-state index contributed by atoms with van der Waals surface area (Å²) in [6.45, 7) is 2.63. The van der Waals surface area contributed by atoms with Crippen LogP contribution >= 0.6 is 0 Å². The third kappa shape index (κ3) is 14.3. The van der Waals surface area contributed by atoms with Gasteiger partial charge in [-0.15, -0.1) is 0 Å². The minimum absolute atomic E-state index is 0.0416. The second-order valence-electron chi connectivity index (χ2n) is 9.09. The summed E-state index contributed by atoms with van der Waals surface area (Å²) in [5.74, 6) is 0. The van der Waals surface area contributed by atoms with Crippen LogP contribution in [0.15, 0.2) is 12.2 Å². The summed E-state index contributed by atoms with van der Waals surface area (Å²) in [7, 11) is 0. The molecule has 0 radical (unpaired) electrons. The third-order valence-corrected chi connectivity index (χ3v) is 6.22. The van der Waals surface area contributed by atoms with Gasteiger partial charge in [0.2, 0.25) is 0 Å². The normalized spacial score (nSPS) is 24.3. The fourth-order valence-electron chi connectivity index (χ4n) is 4.14. The summed E-state index contributed by atoms with van der Waals surface area (Å²) in [5, 5.41) is 29.0. The highest BCUT2D eigenvalue weighted by atomic mass is 16.6. The molecular weight excluding hydrogens is 392 g/mol. The molecule has 1 fully saturated rings. The first kappa shape index (κ1) is 28.6. The first-order chi connectivity index (χ1) is 15.2. The van der Waals surface area contributed by atoms with Crippen LogP contribution in [0.5, 0.6) is 0 Å². The molecule has 0 amide bonds.